The molecule has 296 valence electrons. The van der Waals surface area contributed by atoms with E-state index in [1.807, 2.05) is 0 Å². The topological polar surface area (TPSA) is 18.1 Å². The van der Waals surface area contributed by atoms with Crippen molar-refractivity contribution in [3.05, 3.63) is 223 Å². The Hall–Kier alpha value is -6.72. The van der Waals surface area contributed by atoms with Crippen molar-refractivity contribution in [2.45, 2.75) is 20.3 Å². The van der Waals surface area contributed by atoms with E-state index in [4.69, 9.17) is 4.42 Å². The average molecular weight is 824 g/mol. The summed E-state index contributed by atoms with van der Waals surface area (Å²) in [6.07, 6.45) is 1.15. The van der Waals surface area contributed by atoms with E-state index < -0.39 is 0 Å². The van der Waals surface area contributed by atoms with Gasteiger partial charge < -0.3 is 8.98 Å². The quantitative estimate of drug-likeness (QED) is 0.126. The van der Waals surface area contributed by atoms with Gasteiger partial charge in [-0.1, -0.05) is 159 Å². The molecular formula is C57H45NOS2. The number of hydrogen-bond donors (Lipinski definition) is 2. The molecule has 4 heteroatoms. The minimum Gasteiger partial charge on any atom is -0.456 e. The summed E-state index contributed by atoms with van der Waals surface area (Å²) in [5.41, 5.74) is 17.8. The van der Waals surface area contributed by atoms with Crippen LogP contribution in [0, 0.1) is 6.92 Å². The molecular weight excluding hydrogens is 779 g/mol. The van der Waals surface area contributed by atoms with E-state index in [-0.39, 0.29) is 0 Å². The van der Waals surface area contributed by atoms with E-state index in [0.717, 1.165) is 39.6 Å². The number of thiol groups is 2. The standard InChI is InChI=1S/C48H31NO.C9H12.H2S2/c1-3-11-32(12-4-1)34-15-9-16-35(27-34)36-17-10-18-37(28-36)39-22-25-47-43(30-39)44-31-40(23-26-48(44)50-47)49-45-20-8-7-19-41(45)42-29-38(21-24-46(42)49)33-13-5-2-6-14-33;1-3-9-7-5-4-6-8(9)2;1-2/h1-31H;4-7H,3H2,1-2H3;1-2H. The predicted octanol–water partition coefficient (Wildman–Crippen LogP) is 16.7. The highest BCUT2D eigenvalue weighted by molar-refractivity contribution is 8.59. The van der Waals surface area contributed by atoms with Gasteiger partial charge >= 0.3 is 0 Å². The van der Waals surface area contributed by atoms with Crippen LogP contribution in [0.4, 0.5) is 0 Å². The van der Waals surface area contributed by atoms with E-state index in [1.54, 1.807) is 0 Å². The van der Waals surface area contributed by atoms with Gasteiger partial charge in [-0.3, -0.25) is 0 Å². The molecule has 0 N–H and O–H groups in total. The predicted molar refractivity (Wildman–Crippen MR) is 268 cm³/mol. The first-order valence-corrected chi connectivity index (χ1v) is 22.3. The zero-order chi connectivity index (χ0) is 41.7. The molecule has 11 aromatic rings. The average Bonchev–Trinajstić information content (AvgIpc) is 3.88. The van der Waals surface area contributed by atoms with Crippen LogP contribution in [0.25, 0.3) is 93.9 Å². The van der Waals surface area contributed by atoms with Gasteiger partial charge in [-0.05, 0) is 130 Å². The van der Waals surface area contributed by atoms with Gasteiger partial charge in [0, 0.05) is 27.2 Å². The van der Waals surface area contributed by atoms with Crippen molar-refractivity contribution < 1.29 is 4.42 Å². The van der Waals surface area contributed by atoms with Gasteiger partial charge in [0.2, 0.25) is 0 Å². The second kappa shape index (κ2) is 17.9. The zero-order valence-corrected chi connectivity index (χ0v) is 36.0. The van der Waals surface area contributed by atoms with Crippen molar-refractivity contribution in [2.75, 3.05) is 0 Å². The lowest BCUT2D eigenvalue weighted by atomic mass is 9.96. The molecule has 0 saturated carbocycles. The van der Waals surface area contributed by atoms with Crippen LogP contribution in [0.5, 0.6) is 0 Å². The highest BCUT2D eigenvalue weighted by Crippen LogP contribution is 2.39. The molecule has 2 heterocycles. The number of benzene rings is 9. The lowest BCUT2D eigenvalue weighted by Crippen LogP contribution is -1.93. The molecule has 0 aliphatic carbocycles. The smallest absolute Gasteiger partial charge is 0.135 e. The van der Waals surface area contributed by atoms with Crippen molar-refractivity contribution in [3.8, 4) is 50.2 Å². The SMILES string of the molecule is CCc1ccccc1C.SS.c1ccc(-c2cccc(-c3cccc(-c4ccc5oc6ccc(-n7c8ccccc8c8cc(-c9ccccc9)ccc87)cc6c5c4)c3)c2)cc1. The van der Waals surface area contributed by atoms with Gasteiger partial charge in [-0.25, -0.2) is 0 Å². The van der Waals surface area contributed by atoms with Gasteiger partial charge in [0.1, 0.15) is 11.2 Å². The van der Waals surface area contributed by atoms with Gasteiger partial charge in [-0.2, -0.15) is 0 Å². The Balaban J connectivity index is 0.000000383. The third-order valence-corrected chi connectivity index (χ3v) is 11.6. The van der Waals surface area contributed by atoms with Crippen LogP contribution in [-0.4, -0.2) is 4.57 Å². The van der Waals surface area contributed by atoms with Crippen LogP contribution in [0.1, 0.15) is 18.1 Å². The summed E-state index contributed by atoms with van der Waals surface area (Å²) in [5, 5.41) is 4.71. The van der Waals surface area contributed by atoms with Crippen LogP contribution < -0.4 is 0 Å². The monoisotopic (exact) mass is 823 g/mol. The fourth-order valence-corrected chi connectivity index (χ4v) is 8.54. The normalized spacial score (nSPS) is 11.0. The van der Waals surface area contributed by atoms with Crippen LogP contribution in [-0.2, 0) is 6.42 Å². The molecule has 9 aromatic carbocycles. The maximum absolute atomic E-state index is 6.39. The summed E-state index contributed by atoms with van der Waals surface area (Å²) >= 11 is 6.44. The summed E-state index contributed by atoms with van der Waals surface area (Å²) in [6.45, 7) is 4.33. The summed E-state index contributed by atoms with van der Waals surface area (Å²) < 4.78 is 8.78. The minimum atomic E-state index is 0.888. The summed E-state index contributed by atoms with van der Waals surface area (Å²) in [5.74, 6) is 0. The molecule has 0 amide bonds. The summed E-state index contributed by atoms with van der Waals surface area (Å²) in [4.78, 5) is 0. The fraction of sp³-hybridized carbons (Fsp3) is 0.0526. The molecule has 2 nitrogen and oxygen atoms in total. The van der Waals surface area contributed by atoms with Crippen LogP contribution in [0.15, 0.2) is 217 Å². The number of aromatic nitrogens is 1. The molecule has 0 bridgehead atoms. The molecule has 0 radical (unpaired) electrons. The molecule has 0 spiro atoms. The molecule has 61 heavy (non-hydrogen) atoms. The van der Waals surface area contributed by atoms with Crippen LogP contribution >= 0.6 is 23.3 Å². The molecule has 0 unspecified atom stereocenters. The van der Waals surface area contributed by atoms with Crippen molar-refractivity contribution in [1.82, 2.24) is 4.57 Å². The third-order valence-electron chi connectivity index (χ3n) is 11.6. The molecule has 0 fully saturated rings. The molecule has 0 atom stereocenters. The van der Waals surface area contributed by atoms with Crippen LogP contribution in [0.3, 0.4) is 0 Å². The number of fused-ring (bicyclic) bond motifs is 6. The van der Waals surface area contributed by atoms with E-state index in [2.05, 4.69) is 254 Å². The van der Waals surface area contributed by atoms with E-state index in [9.17, 15) is 0 Å². The van der Waals surface area contributed by atoms with Gasteiger partial charge in [0.25, 0.3) is 0 Å². The maximum atomic E-state index is 6.39. The van der Waals surface area contributed by atoms with Gasteiger partial charge in [0.05, 0.1) is 11.0 Å². The van der Waals surface area contributed by atoms with Crippen molar-refractivity contribution in [2.24, 2.45) is 0 Å². The maximum Gasteiger partial charge on any atom is 0.135 e. The Labute approximate surface area is 368 Å². The van der Waals surface area contributed by atoms with Gasteiger partial charge in [0.15, 0.2) is 0 Å². The number of para-hydroxylation sites is 1. The number of nitrogens with zero attached hydrogens (tertiary/aromatic N) is 1. The second-order valence-electron chi connectivity index (χ2n) is 15.3. The van der Waals surface area contributed by atoms with Crippen molar-refractivity contribution >= 4 is 67.1 Å². The summed E-state index contributed by atoms with van der Waals surface area (Å²) in [7, 11) is 0. The first-order chi connectivity index (χ1) is 30.1. The minimum absolute atomic E-state index is 0.888. The largest absolute Gasteiger partial charge is 0.456 e. The highest BCUT2D eigenvalue weighted by Gasteiger charge is 2.16. The summed E-state index contributed by atoms with van der Waals surface area (Å²) in [6, 6.07) is 75.9. The van der Waals surface area contributed by atoms with E-state index in [0.29, 0.717) is 0 Å². The Morgan fingerprint density at radius 2 is 0.836 bits per heavy atom. The molecule has 0 aliphatic heterocycles. The Kier molecular flexibility index (Phi) is 11.6. The Bertz CT molecular complexity index is 3270. The Morgan fingerprint density at radius 3 is 1.46 bits per heavy atom. The number of rotatable bonds is 6. The lowest BCUT2D eigenvalue weighted by molar-refractivity contribution is 0.669. The number of furan rings is 1. The van der Waals surface area contributed by atoms with E-state index in [1.165, 1.54) is 71.9 Å². The molecule has 11 rings (SSSR count). The third kappa shape index (κ3) is 8.01. The Morgan fingerprint density at radius 1 is 0.377 bits per heavy atom. The van der Waals surface area contributed by atoms with Crippen molar-refractivity contribution in [1.29, 1.82) is 0 Å². The lowest BCUT2D eigenvalue weighted by Gasteiger charge is -2.09. The molecule has 2 aromatic heterocycles. The molecule has 0 saturated heterocycles. The first kappa shape index (κ1) is 39.7. The van der Waals surface area contributed by atoms with Gasteiger partial charge in [-0.15, -0.1) is 23.3 Å². The fourth-order valence-electron chi connectivity index (χ4n) is 8.54. The molecule has 0 aliphatic rings. The highest BCUT2D eigenvalue weighted by atomic mass is 33.1. The van der Waals surface area contributed by atoms with E-state index >= 15 is 0 Å². The van der Waals surface area contributed by atoms with Crippen LogP contribution in [0.2, 0.25) is 0 Å². The number of hydrogen-bond acceptors (Lipinski definition) is 3. The first-order valence-electron chi connectivity index (χ1n) is 20.7. The zero-order valence-electron chi connectivity index (χ0n) is 34.2. The van der Waals surface area contributed by atoms with Crippen molar-refractivity contribution in [3.63, 3.8) is 0 Å². The second-order valence-corrected chi connectivity index (χ2v) is 15.3. The number of aryl methyl sites for hydroxylation is 2.